The van der Waals surface area contributed by atoms with Crippen LogP contribution in [-0.4, -0.2) is 44.5 Å². The first-order valence-corrected chi connectivity index (χ1v) is 11.4. The molecule has 32 heavy (non-hydrogen) atoms. The van der Waals surface area contributed by atoms with E-state index in [1.54, 1.807) is 38.3 Å². The van der Waals surface area contributed by atoms with Crippen LogP contribution in [0.15, 0.2) is 46.3 Å². The van der Waals surface area contributed by atoms with Crippen LogP contribution in [0.5, 0.6) is 17.2 Å². The fourth-order valence-electron chi connectivity index (χ4n) is 2.70. The van der Waals surface area contributed by atoms with Gasteiger partial charge in [0.15, 0.2) is 23.3 Å². The number of amidine groups is 1. The van der Waals surface area contributed by atoms with Crippen LogP contribution in [-0.2, 0) is 14.3 Å². The highest BCUT2D eigenvalue weighted by Crippen LogP contribution is 2.36. The van der Waals surface area contributed by atoms with Crippen molar-refractivity contribution in [2.75, 3.05) is 27.4 Å². The third-order valence-corrected chi connectivity index (χ3v) is 5.85. The number of hydrogen-bond donors (Lipinski definition) is 1. The van der Waals surface area contributed by atoms with E-state index in [4.69, 9.17) is 18.9 Å². The Labute approximate surface area is 203 Å². The molecule has 1 N–H and O–H groups in total. The lowest BCUT2D eigenvalue weighted by atomic mass is 10.2. The molecule has 0 aliphatic carbocycles. The summed E-state index contributed by atoms with van der Waals surface area (Å²) < 4.78 is 21.7. The normalized spacial score (nSPS) is 15.6. The maximum absolute atomic E-state index is 12.4. The second-order valence-electron chi connectivity index (χ2n) is 6.31. The predicted octanol–water partition coefficient (Wildman–Crippen LogP) is 4.14. The van der Waals surface area contributed by atoms with E-state index in [1.165, 1.54) is 18.9 Å². The van der Waals surface area contributed by atoms with Crippen molar-refractivity contribution in [3.63, 3.8) is 0 Å². The number of carbonyl (C=O) groups is 2. The highest BCUT2D eigenvalue weighted by molar-refractivity contribution is 14.1. The molecule has 0 spiro atoms. The zero-order valence-corrected chi connectivity index (χ0v) is 20.6. The number of esters is 1. The Morgan fingerprint density at radius 2 is 1.94 bits per heavy atom. The van der Waals surface area contributed by atoms with Crippen molar-refractivity contribution in [3.8, 4) is 17.2 Å². The molecule has 3 rings (SSSR count). The molecule has 0 radical (unpaired) electrons. The number of aliphatic imine (C=N–C) groups is 1. The molecule has 168 valence electrons. The Kier molecular flexibility index (Phi) is 8.39. The molecule has 1 amide bonds. The van der Waals surface area contributed by atoms with Crippen LogP contribution in [0.1, 0.15) is 12.5 Å². The number of nitrogens with zero attached hydrogens (tertiary/aromatic N) is 1. The van der Waals surface area contributed by atoms with E-state index >= 15 is 0 Å². The number of hydrogen-bond acceptors (Lipinski definition) is 8. The minimum absolute atomic E-state index is 0.218. The van der Waals surface area contributed by atoms with Crippen LogP contribution < -0.4 is 19.5 Å². The molecule has 2 aromatic carbocycles. The Hall–Kier alpha value is -2.73. The second-order valence-corrected chi connectivity index (χ2v) is 8.50. The van der Waals surface area contributed by atoms with Gasteiger partial charge in [-0.15, -0.1) is 0 Å². The fourth-order valence-corrected chi connectivity index (χ4v) is 4.33. The fraction of sp³-hybridized carbons (Fsp3) is 0.227. The summed E-state index contributed by atoms with van der Waals surface area (Å²) in [5, 5.41) is 3.25. The van der Waals surface area contributed by atoms with E-state index in [1.807, 2.05) is 18.2 Å². The van der Waals surface area contributed by atoms with Gasteiger partial charge in [-0.1, -0.05) is 0 Å². The van der Waals surface area contributed by atoms with Crippen LogP contribution in [0, 0.1) is 3.57 Å². The van der Waals surface area contributed by atoms with Crippen molar-refractivity contribution in [2.24, 2.45) is 4.99 Å². The molecule has 0 atom stereocenters. The largest absolute Gasteiger partial charge is 0.497 e. The maximum atomic E-state index is 12.4. The molecular formula is C22H21IN2O6S. The molecule has 1 fully saturated rings. The van der Waals surface area contributed by atoms with Gasteiger partial charge in [0.25, 0.3) is 5.91 Å². The van der Waals surface area contributed by atoms with Crippen LogP contribution in [0.4, 0.5) is 5.69 Å². The number of halogens is 1. The third-order valence-electron chi connectivity index (χ3n) is 4.14. The summed E-state index contributed by atoms with van der Waals surface area (Å²) in [6.45, 7) is 1.80. The molecule has 0 bridgehead atoms. The summed E-state index contributed by atoms with van der Waals surface area (Å²) in [5.41, 5.74) is 1.45. The number of rotatable bonds is 8. The Balaban J connectivity index is 1.78. The molecule has 0 unspecified atom stereocenters. The van der Waals surface area contributed by atoms with Crippen molar-refractivity contribution in [2.45, 2.75) is 6.92 Å². The summed E-state index contributed by atoms with van der Waals surface area (Å²) in [7, 11) is 3.11. The number of thioether (sulfide) groups is 1. The van der Waals surface area contributed by atoms with Gasteiger partial charge < -0.3 is 24.3 Å². The number of ether oxygens (including phenoxy) is 4. The van der Waals surface area contributed by atoms with Gasteiger partial charge >= 0.3 is 5.97 Å². The van der Waals surface area contributed by atoms with Gasteiger partial charge in [0.2, 0.25) is 0 Å². The summed E-state index contributed by atoms with van der Waals surface area (Å²) in [5.74, 6) is 0.922. The topological polar surface area (TPSA) is 95.5 Å². The van der Waals surface area contributed by atoms with Gasteiger partial charge in [0, 0.05) is 0 Å². The molecule has 1 heterocycles. The van der Waals surface area contributed by atoms with E-state index in [2.05, 4.69) is 32.9 Å². The molecule has 0 saturated carbocycles. The van der Waals surface area contributed by atoms with Crippen molar-refractivity contribution in [3.05, 3.63) is 50.4 Å². The van der Waals surface area contributed by atoms with Gasteiger partial charge in [-0.05, 0) is 89.3 Å². The maximum Gasteiger partial charge on any atom is 0.344 e. The second kappa shape index (κ2) is 11.2. The summed E-state index contributed by atoms with van der Waals surface area (Å²) in [6.07, 6.45) is 1.75. The first kappa shape index (κ1) is 23.9. The van der Waals surface area contributed by atoms with E-state index in [0.717, 1.165) is 14.9 Å². The average Bonchev–Trinajstić information content (AvgIpc) is 3.11. The van der Waals surface area contributed by atoms with Crippen molar-refractivity contribution < 1.29 is 28.5 Å². The molecule has 1 aliphatic heterocycles. The summed E-state index contributed by atoms with van der Waals surface area (Å²) in [6, 6.07) is 10.8. The van der Waals surface area contributed by atoms with Crippen LogP contribution in [0.25, 0.3) is 6.08 Å². The number of nitrogens with one attached hydrogen (secondary N) is 1. The molecule has 1 aliphatic rings. The smallest absolute Gasteiger partial charge is 0.344 e. The zero-order chi connectivity index (χ0) is 23.1. The van der Waals surface area contributed by atoms with Gasteiger partial charge in [-0.2, -0.15) is 0 Å². The van der Waals surface area contributed by atoms with Gasteiger partial charge in [0.05, 0.1) is 35.0 Å². The highest BCUT2D eigenvalue weighted by atomic mass is 127. The Morgan fingerprint density at radius 3 is 2.59 bits per heavy atom. The lowest BCUT2D eigenvalue weighted by Crippen LogP contribution is -2.19. The van der Waals surface area contributed by atoms with Crippen molar-refractivity contribution in [1.82, 2.24) is 5.32 Å². The molecule has 1 saturated heterocycles. The minimum Gasteiger partial charge on any atom is -0.497 e. The van der Waals surface area contributed by atoms with E-state index in [-0.39, 0.29) is 19.1 Å². The average molecular weight is 568 g/mol. The standard InChI is InChI=1S/C22H21IN2O6S/c1-4-30-19(26)12-31-20-16(23)9-13(10-17(20)29-3)11-18-21(27)25-22(32-18)24-14-5-7-15(28-2)8-6-14/h5-11H,4,12H2,1-3H3,(H,24,25,27)/b18-11-. The van der Waals surface area contributed by atoms with Gasteiger partial charge in [-0.25, -0.2) is 9.79 Å². The monoisotopic (exact) mass is 568 g/mol. The Morgan fingerprint density at radius 1 is 1.19 bits per heavy atom. The first-order valence-electron chi connectivity index (χ1n) is 9.53. The van der Waals surface area contributed by atoms with Gasteiger partial charge in [-0.3, -0.25) is 4.79 Å². The molecule has 0 aromatic heterocycles. The van der Waals surface area contributed by atoms with Gasteiger partial charge in [0.1, 0.15) is 5.75 Å². The number of benzene rings is 2. The SMILES string of the molecule is CCOC(=O)COc1c(I)cc(/C=C2\SC(=Nc3ccc(OC)cc3)NC2=O)cc1OC. The summed E-state index contributed by atoms with van der Waals surface area (Å²) >= 11 is 3.34. The van der Waals surface area contributed by atoms with Crippen LogP contribution in [0.2, 0.25) is 0 Å². The van der Waals surface area contributed by atoms with E-state index in [0.29, 0.717) is 27.3 Å². The quantitative estimate of drug-likeness (QED) is 0.291. The first-order chi connectivity index (χ1) is 15.4. The Bertz CT molecular complexity index is 1070. The van der Waals surface area contributed by atoms with Crippen molar-refractivity contribution >= 4 is 63.2 Å². The number of methoxy groups -OCH3 is 2. The lowest BCUT2D eigenvalue weighted by molar-refractivity contribution is -0.145. The highest BCUT2D eigenvalue weighted by Gasteiger charge is 2.24. The van der Waals surface area contributed by atoms with E-state index < -0.39 is 5.97 Å². The van der Waals surface area contributed by atoms with Crippen LogP contribution >= 0.6 is 34.4 Å². The predicted molar refractivity (Wildman–Crippen MR) is 132 cm³/mol. The molecule has 2 aromatic rings. The number of amides is 1. The molecular weight excluding hydrogens is 547 g/mol. The minimum atomic E-state index is -0.459. The van der Waals surface area contributed by atoms with Crippen LogP contribution in [0.3, 0.4) is 0 Å². The third kappa shape index (κ3) is 6.16. The molecule has 8 nitrogen and oxygen atoms in total. The van der Waals surface area contributed by atoms with E-state index in [9.17, 15) is 9.59 Å². The lowest BCUT2D eigenvalue weighted by Gasteiger charge is -2.13. The number of carbonyl (C=O) groups excluding carboxylic acids is 2. The van der Waals surface area contributed by atoms with Crippen molar-refractivity contribution in [1.29, 1.82) is 0 Å². The zero-order valence-electron chi connectivity index (χ0n) is 17.6. The summed E-state index contributed by atoms with van der Waals surface area (Å²) in [4.78, 5) is 29.0. The molecule has 10 heteroatoms.